The minimum absolute atomic E-state index is 0.736. The summed E-state index contributed by atoms with van der Waals surface area (Å²) >= 11 is 0. The lowest BCUT2D eigenvalue weighted by molar-refractivity contribution is 0.119. The molecule has 1 heteroatoms. The molecule has 0 amide bonds. The van der Waals surface area contributed by atoms with Gasteiger partial charge in [-0.05, 0) is 24.8 Å². The maximum absolute atomic E-state index is 5.59. The molecule has 0 unspecified atom stereocenters. The van der Waals surface area contributed by atoms with E-state index in [0.717, 1.165) is 26.1 Å². The van der Waals surface area contributed by atoms with E-state index < -0.39 is 0 Å². The van der Waals surface area contributed by atoms with E-state index in [0.29, 0.717) is 0 Å². The Labute approximate surface area is 99.1 Å². The summed E-state index contributed by atoms with van der Waals surface area (Å²) in [6.45, 7) is 3.79. The first-order valence-electron chi connectivity index (χ1n) is 6.20. The van der Waals surface area contributed by atoms with E-state index in [1.165, 1.54) is 18.4 Å². The van der Waals surface area contributed by atoms with Crippen molar-refractivity contribution in [2.24, 2.45) is 0 Å². The Bertz CT molecular complexity index is 277. The van der Waals surface area contributed by atoms with Gasteiger partial charge in [0.2, 0.25) is 0 Å². The largest absolute Gasteiger partial charge is 0.377 e. The van der Waals surface area contributed by atoms with Gasteiger partial charge in [0, 0.05) is 6.61 Å². The van der Waals surface area contributed by atoms with E-state index in [1.54, 1.807) is 0 Å². The van der Waals surface area contributed by atoms with Crippen LogP contribution in [0.25, 0.3) is 0 Å². The highest BCUT2D eigenvalue weighted by molar-refractivity contribution is 5.13. The molecule has 0 N–H and O–H groups in total. The predicted octanol–water partition coefficient (Wildman–Crippen LogP) is 4.34. The Morgan fingerprint density at radius 1 is 1.06 bits per heavy atom. The molecule has 1 aromatic carbocycles. The summed E-state index contributed by atoms with van der Waals surface area (Å²) in [7, 11) is 0. The summed E-state index contributed by atoms with van der Waals surface area (Å²) in [5.74, 6) is 0. The third kappa shape index (κ3) is 6.41. The fourth-order valence-corrected chi connectivity index (χ4v) is 1.47. The smallest absolute Gasteiger partial charge is 0.0716 e. The molecule has 0 aliphatic carbocycles. The third-order valence-electron chi connectivity index (χ3n) is 2.39. The summed E-state index contributed by atoms with van der Waals surface area (Å²) in [6, 6.07) is 10.3. The Hall–Kier alpha value is -1.08. The summed E-state index contributed by atoms with van der Waals surface area (Å²) < 4.78 is 5.59. The van der Waals surface area contributed by atoms with Crippen LogP contribution in [-0.2, 0) is 11.3 Å². The topological polar surface area (TPSA) is 9.23 Å². The molecule has 0 fully saturated rings. The van der Waals surface area contributed by atoms with Crippen molar-refractivity contribution >= 4 is 0 Å². The van der Waals surface area contributed by atoms with E-state index >= 15 is 0 Å². The first-order chi connectivity index (χ1) is 7.93. The minimum atomic E-state index is 0.736. The van der Waals surface area contributed by atoms with Gasteiger partial charge in [0.1, 0.15) is 0 Å². The summed E-state index contributed by atoms with van der Waals surface area (Å²) in [4.78, 5) is 0. The van der Waals surface area contributed by atoms with Crippen LogP contribution in [0, 0.1) is 0 Å². The highest BCUT2D eigenvalue weighted by atomic mass is 16.5. The first-order valence-corrected chi connectivity index (χ1v) is 6.20. The zero-order valence-electron chi connectivity index (χ0n) is 10.2. The third-order valence-corrected chi connectivity index (χ3v) is 2.39. The summed E-state index contributed by atoms with van der Waals surface area (Å²) in [6.07, 6.45) is 9.21. The molecule has 0 heterocycles. The van der Waals surface area contributed by atoms with Crippen molar-refractivity contribution in [2.75, 3.05) is 6.61 Å². The van der Waals surface area contributed by atoms with Crippen LogP contribution in [0.5, 0.6) is 0 Å². The average Bonchev–Trinajstić information content (AvgIpc) is 2.34. The second kappa shape index (κ2) is 9.17. The lowest BCUT2D eigenvalue weighted by Gasteiger charge is -2.02. The molecule has 0 saturated heterocycles. The maximum atomic E-state index is 5.59. The Morgan fingerprint density at radius 2 is 1.81 bits per heavy atom. The normalized spacial score (nSPS) is 11.1. The van der Waals surface area contributed by atoms with E-state index in [-0.39, 0.29) is 0 Å². The van der Waals surface area contributed by atoms with Gasteiger partial charge in [0.15, 0.2) is 0 Å². The molecule has 1 aromatic rings. The molecule has 0 aromatic heterocycles. The van der Waals surface area contributed by atoms with Gasteiger partial charge in [0.25, 0.3) is 0 Å². The molecule has 0 aliphatic rings. The molecule has 0 radical (unpaired) electrons. The van der Waals surface area contributed by atoms with Crippen LogP contribution in [0.1, 0.15) is 38.2 Å². The number of benzene rings is 1. The molecule has 1 nitrogen and oxygen atoms in total. The van der Waals surface area contributed by atoms with Crippen LogP contribution in [0.2, 0.25) is 0 Å². The number of hydrogen-bond donors (Lipinski definition) is 0. The number of allylic oxidation sites excluding steroid dienone is 2. The molecule has 16 heavy (non-hydrogen) atoms. The van der Waals surface area contributed by atoms with Crippen molar-refractivity contribution in [3.05, 3.63) is 48.0 Å². The summed E-state index contributed by atoms with van der Waals surface area (Å²) in [5.41, 5.74) is 1.25. The fourth-order valence-electron chi connectivity index (χ4n) is 1.47. The molecule has 0 atom stereocenters. The molecule has 0 aliphatic heterocycles. The number of unbranched alkanes of at least 4 members (excludes halogenated alkanes) is 2. The van der Waals surface area contributed by atoms with Crippen LogP contribution in [0.15, 0.2) is 42.5 Å². The van der Waals surface area contributed by atoms with Crippen molar-refractivity contribution in [1.29, 1.82) is 0 Å². The van der Waals surface area contributed by atoms with Crippen LogP contribution < -0.4 is 0 Å². The van der Waals surface area contributed by atoms with Crippen LogP contribution in [0.3, 0.4) is 0 Å². The van der Waals surface area contributed by atoms with Crippen molar-refractivity contribution < 1.29 is 4.74 Å². The average molecular weight is 218 g/mol. The monoisotopic (exact) mass is 218 g/mol. The Morgan fingerprint density at radius 3 is 2.56 bits per heavy atom. The van der Waals surface area contributed by atoms with E-state index in [4.69, 9.17) is 4.74 Å². The van der Waals surface area contributed by atoms with Gasteiger partial charge in [-0.2, -0.15) is 0 Å². The number of rotatable bonds is 8. The van der Waals surface area contributed by atoms with E-state index in [2.05, 4.69) is 31.2 Å². The van der Waals surface area contributed by atoms with E-state index in [1.807, 2.05) is 18.2 Å². The maximum Gasteiger partial charge on any atom is 0.0716 e. The fraction of sp³-hybridized carbons (Fsp3) is 0.467. The first kappa shape index (κ1) is 13.0. The summed E-state index contributed by atoms with van der Waals surface area (Å²) in [5, 5.41) is 0. The van der Waals surface area contributed by atoms with Crippen molar-refractivity contribution in [2.45, 2.75) is 39.2 Å². The van der Waals surface area contributed by atoms with Gasteiger partial charge in [-0.3, -0.25) is 0 Å². The van der Waals surface area contributed by atoms with Gasteiger partial charge in [-0.15, -0.1) is 0 Å². The van der Waals surface area contributed by atoms with Crippen LogP contribution in [0.4, 0.5) is 0 Å². The number of ether oxygens (including phenoxy) is 1. The van der Waals surface area contributed by atoms with Crippen LogP contribution in [-0.4, -0.2) is 6.61 Å². The Balaban J connectivity index is 1.96. The molecule has 0 saturated carbocycles. The minimum Gasteiger partial charge on any atom is -0.377 e. The molecule has 1 rings (SSSR count). The zero-order chi connectivity index (χ0) is 11.5. The molecule has 88 valence electrons. The van der Waals surface area contributed by atoms with Crippen molar-refractivity contribution in [3.8, 4) is 0 Å². The molecular formula is C15H22O. The second-order valence-electron chi connectivity index (χ2n) is 3.94. The molecule has 0 spiro atoms. The highest BCUT2D eigenvalue weighted by Gasteiger charge is 1.90. The standard InChI is InChI=1S/C15H22O/c1-2-3-4-5-6-10-13-16-14-15-11-8-7-9-12-15/h4-5,7-9,11-12H,2-3,6,10,13-14H2,1H3/b5-4+. The van der Waals surface area contributed by atoms with Crippen molar-refractivity contribution in [1.82, 2.24) is 0 Å². The van der Waals surface area contributed by atoms with Gasteiger partial charge < -0.3 is 4.74 Å². The number of hydrogen-bond acceptors (Lipinski definition) is 1. The molecular weight excluding hydrogens is 196 g/mol. The van der Waals surface area contributed by atoms with Gasteiger partial charge in [-0.25, -0.2) is 0 Å². The van der Waals surface area contributed by atoms with E-state index in [9.17, 15) is 0 Å². The van der Waals surface area contributed by atoms with Gasteiger partial charge in [-0.1, -0.05) is 55.8 Å². The second-order valence-corrected chi connectivity index (χ2v) is 3.94. The van der Waals surface area contributed by atoms with Crippen LogP contribution >= 0.6 is 0 Å². The zero-order valence-corrected chi connectivity index (χ0v) is 10.2. The van der Waals surface area contributed by atoms with Crippen molar-refractivity contribution in [3.63, 3.8) is 0 Å². The predicted molar refractivity (Wildman–Crippen MR) is 69.4 cm³/mol. The van der Waals surface area contributed by atoms with Gasteiger partial charge in [0.05, 0.1) is 6.61 Å². The molecule has 0 bridgehead atoms. The SMILES string of the molecule is CCC/C=C/CCCOCc1ccccc1. The van der Waals surface area contributed by atoms with Gasteiger partial charge >= 0.3 is 0 Å². The Kier molecular flexibility index (Phi) is 7.44. The quantitative estimate of drug-likeness (QED) is 0.466. The lowest BCUT2D eigenvalue weighted by Crippen LogP contribution is -1.94. The highest BCUT2D eigenvalue weighted by Crippen LogP contribution is 2.02. The lowest BCUT2D eigenvalue weighted by atomic mass is 10.2.